The molecule has 2 rings (SSSR count). The van der Waals surface area contributed by atoms with Crippen molar-refractivity contribution in [1.82, 2.24) is 10.0 Å². The molecule has 0 fully saturated rings. The Morgan fingerprint density at radius 2 is 1.69 bits per heavy atom. The topological polar surface area (TPSA) is 68.7 Å². The summed E-state index contributed by atoms with van der Waals surface area (Å²) in [5.41, 5.74) is -1.14. The number of carbonyl (C=O) groups is 2. The van der Waals surface area contributed by atoms with E-state index in [4.69, 9.17) is 44.4 Å². The van der Waals surface area contributed by atoms with Gasteiger partial charge in [0.05, 0.1) is 0 Å². The lowest BCUT2D eigenvalue weighted by Crippen LogP contribution is -2.46. The summed E-state index contributed by atoms with van der Waals surface area (Å²) in [5, 5.41) is 0.971. The van der Waals surface area contributed by atoms with Gasteiger partial charge in [0.1, 0.15) is 22.5 Å². The minimum absolute atomic E-state index is 0.00997. The van der Waals surface area contributed by atoms with Gasteiger partial charge in [-0.1, -0.05) is 53.5 Å². The number of aromatic nitrogens is 1. The molecule has 9 heteroatoms. The van der Waals surface area contributed by atoms with Gasteiger partial charge in [-0.3, -0.25) is 0 Å². The molecule has 0 aliphatic carbocycles. The maximum atomic E-state index is 12.5. The highest BCUT2D eigenvalue weighted by atomic mass is 35.5. The molecule has 6 nitrogen and oxygen atoms in total. The van der Waals surface area contributed by atoms with Crippen molar-refractivity contribution in [3.05, 3.63) is 63.9 Å². The van der Waals surface area contributed by atoms with Gasteiger partial charge in [-0.15, -0.1) is 5.06 Å². The highest BCUT2D eigenvalue weighted by molar-refractivity contribution is 6.61. The second-order valence-corrected chi connectivity index (χ2v) is 6.81. The first-order chi connectivity index (χ1) is 12.2. The average Bonchev–Trinajstić information content (AvgIpc) is 2.57. The van der Waals surface area contributed by atoms with E-state index in [1.165, 1.54) is 12.1 Å². The smallest absolute Gasteiger partial charge is 0.442 e. The molecule has 0 aliphatic heterocycles. The normalized spacial score (nSPS) is 11.0. The zero-order valence-corrected chi connectivity index (χ0v) is 16.2. The maximum absolute atomic E-state index is 12.5. The van der Waals surface area contributed by atoms with Crippen LogP contribution in [0.25, 0.3) is 0 Å². The number of carbonyl (C=O) groups excluding carboxylic acids is 2. The van der Waals surface area contributed by atoms with Crippen molar-refractivity contribution in [2.24, 2.45) is 0 Å². The van der Waals surface area contributed by atoms with Gasteiger partial charge in [0.2, 0.25) is 0 Å². The first-order valence-electron chi connectivity index (χ1n) is 7.42. The molecule has 138 valence electrons. The van der Waals surface area contributed by atoms with Crippen LogP contribution in [0.3, 0.4) is 0 Å². The fraction of sp³-hybridized carbons (Fsp3) is 0.235. The highest BCUT2D eigenvalue weighted by Crippen LogP contribution is 2.32. The average molecular weight is 418 g/mol. The summed E-state index contributed by atoms with van der Waals surface area (Å²) in [6, 6.07) is 12.0. The number of rotatable bonds is 4. The summed E-state index contributed by atoms with van der Waals surface area (Å²) >= 11 is 17.2. The van der Waals surface area contributed by atoms with E-state index < -0.39 is 17.1 Å². The maximum Gasteiger partial charge on any atom is 0.444 e. The van der Waals surface area contributed by atoms with Crippen LogP contribution in [0.1, 0.15) is 25.0 Å². The first-order valence-corrected chi connectivity index (χ1v) is 8.55. The van der Waals surface area contributed by atoms with Gasteiger partial charge in [-0.2, -0.15) is 0 Å². The van der Waals surface area contributed by atoms with Crippen molar-refractivity contribution < 1.29 is 19.2 Å². The number of amides is 1. The van der Waals surface area contributed by atoms with Crippen LogP contribution in [0.4, 0.5) is 9.59 Å². The predicted molar refractivity (Wildman–Crippen MR) is 98.1 cm³/mol. The molecule has 1 heterocycles. The minimum atomic E-state index is -1.19. The third-order valence-corrected chi connectivity index (χ3v) is 3.97. The quantitative estimate of drug-likeness (QED) is 0.370. The second kappa shape index (κ2) is 8.58. The molecule has 1 amide bonds. The molecule has 2 aromatic rings. The van der Waals surface area contributed by atoms with Gasteiger partial charge in [0.15, 0.2) is 0 Å². The SMILES string of the molecule is CC(C)(c1cc(Cl)nc(Cl)c1)N(OC(=O)Cl)C(=O)OCc1ccccc1. The standard InChI is InChI=1S/C17H15Cl3N2O4/c1-17(2,12-8-13(18)21-14(19)9-12)22(26-15(20)23)16(24)25-10-11-6-4-3-5-7-11/h3-9H,10H2,1-2H3. The molecule has 0 aliphatic rings. The Balaban J connectivity index is 2.26. The minimum Gasteiger partial charge on any atom is -0.442 e. The van der Waals surface area contributed by atoms with E-state index in [9.17, 15) is 9.59 Å². The third kappa shape index (κ3) is 5.24. The van der Waals surface area contributed by atoms with E-state index in [-0.39, 0.29) is 16.9 Å². The van der Waals surface area contributed by atoms with Crippen molar-refractivity contribution >= 4 is 46.3 Å². The molecule has 0 atom stereocenters. The number of hydrogen-bond acceptors (Lipinski definition) is 5. The molecule has 26 heavy (non-hydrogen) atoms. The fourth-order valence-electron chi connectivity index (χ4n) is 2.16. The fourth-order valence-corrected chi connectivity index (χ4v) is 2.69. The Morgan fingerprint density at radius 3 is 2.23 bits per heavy atom. The summed E-state index contributed by atoms with van der Waals surface area (Å²) < 4.78 is 5.23. The van der Waals surface area contributed by atoms with Crippen molar-refractivity contribution in [3.63, 3.8) is 0 Å². The number of hydrogen-bond donors (Lipinski definition) is 0. The van der Waals surface area contributed by atoms with Crippen LogP contribution in [0, 0.1) is 0 Å². The largest absolute Gasteiger partial charge is 0.444 e. The molecule has 1 aromatic carbocycles. The number of pyridine rings is 1. The molecule has 0 radical (unpaired) electrons. The van der Waals surface area contributed by atoms with E-state index in [2.05, 4.69) is 4.98 Å². The van der Waals surface area contributed by atoms with Gasteiger partial charge in [-0.25, -0.2) is 14.6 Å². The molecule has 1 aromatic heterocycles. The van der Waals surface area contributed by atoms with Crippen LogP contribution in [0.15, 0.2) is 42.5 Å². The lowest BCUT2D eigenvalue weighted by Gasteiger charge is -2.35. The Hall–Kier alpha value is -2.02. The Kier molecular flexibility index (Phi) is 6.69. The zero-order valence-electron chi connectivity index (χ0n) is 13.9. The molecule has 0 saturated heterocycles. The van der Waals surface area contributed by atoms with E-state index in [1.807, 2.05) is 18.2 Å². The number of nitrogens with zero attached hydrogens (tertiary/aromatic N) is 2. The molecule has 0 saturated carbocycles. The summed E-state index contributed by atoms with van der Waals surface area (Å²) in [6.45, 7) is 3.21. The van der Waals surface area contributed by atoms with Crippen LogP contribution < -0.4 is 0 Å². The van der Waals surface area contributed by atoms with Crippen molar-refractivity contribution in [1.29, 1.82) is 0 Å². The Morgan fingerprint density at radius 1 is 1.12 bits per heavy atom. The zero-order chi connectivity index (χ0) is 19.3. The summed E-state index contributed by atoms with van der Waals surface area (Å²) in [5.74, 6) is 0. The van der Waals surface area contributed by atoms with E-state index in [0.29, 0.717) is 5.56 Å². The van der Waals surface area contributed by atoms with Gasteiger partial charge >= 0.3 is 11.5 Å². The summed E-state index contributed by atoms with van der Waals surface area (Å²) in [6.07, 6.45) is -0.906. The second-order valence-electron chi connectivity index (χ2n) is 5.72. The van der Waals surface area contributed by atoms with Crippen molar-refractivity contribution in [3.8, 4) is 0 Å². The Bertz CT molecular complexity index is 780. The highest BCUT2D eigenvalue weighted by Gasteiger charge is 2.38. The molecule has 0 spiro atoms. The van der Waals surface area contributed by atoms with Gasteiger partial charge < -0.3 is 9.57 Å². The van der Waals surface area contributed by atoms with E-state index in [0.717, 1.165) is 10.6 Å². The number of halogens is 3. The Labute approximate surface area is 165 Å². The van der Waals surface area contributed by atoms with Crippen LogP contribution in [0.2, 0.25) is 10.3 Å². The van der Waals surface area contributed by atoms with Gasteiger partial charge in [-0.05, 0) is 37.1 Å². The van der Waals surface area contributed by atoms with Crippen molar-refractivity contribution in [2.45, 2.75) is 26.0 Å². The van der Waals surface area contributed by atoms with Crippen LogP contribution >= 0.6 is 34.8 Å². The molecule has 0 unspecified atom stereocenters. The molecule has 0 bridgehead atoms. The van der Waals surface area contributed by atoms with Gasteiger partial charge in [0, 0.05) is 11.6 Å². The summed E-state index contributed by atoms with van der Waals surface area (Å²) in [7, 11) is 0. The van der Waals surface area contributed by atoms with E-state index >= 15 is 0 Å². The predicted octanol–water partition coefficient (Wildman–Crippen LogP) is 5.55. The number of ether oxygens (including phenoxy) is 1. The first kappa shape index (κ1) is 20.3. The molecule has 0 N–H and O–H groups in total. The lowest BCUT2D eigenvalue weighted by molar-refractivity contribution is -0.136. The monoisotopic (exact) mass is 416 g/mol. The molecular formula is C17H15Cl3N2O4. The summed E-state index contributed by atoms with van der Waals surface area (Å²) in [4.78, 5) is 32.5. The number of hydroxylamine groups is 2. The van der Waals surface area contributed by atoms with Crippen LogP contribution in [-0.4, -0.2) is 21.6 Å². The lowest BCUT2D eigenvalue weighted by atomic mass is 9.95. The number of benzene rings is 1. The molecular weight excluding hydrogens is 403 g/mol. The van der Waals surface area contributed by atoms with Crippen molar-refractivity contribution in [2.75, 3.05) is 0 Å². The van der Waals surface area contributed by atoms with Gasteiger partial charge in [0.25, 0.3) is 0 Å². The van der Waals surface area contributed by atoms with Crippen LogP contribution in [0.5, 0.6) is 0 Å². The third-order valence-electron chi connectivity index (χ3n) is 3.51. The van der Waals surface area contributed by atoms with E-state index in [1.54, 1.807) is 26.0 Å². The van der Waals surface area contributed by atoms with Crippen LogP contribution in [-0.2, 0) is 21.7 Å².